The molecule has 0 heterocycles. The zero-order chi connectivity index (χ0) is 12.0. The van der Waals surface area contributed by atoms with Gasteiger partial charge in [0.25, 0.3) is 0 Å². The summed E-state index contributed by atoms with van der Waals surface area (Å²) in [5.74, 6) is -0.488. The Labute approximate surface area is 90.3 Å². The van der Waals surface area contributed by atoms with Crippen LogP contribution in [0.2, 0.25) is 0 Å². The number of rotatable bonds is 2. The quantitative estimate of drug-likeness (QED) is 0.817. The highest BCUT2D eigenvalue weighted by atomic mass is 19.1. The third kappa shape index (κ3) is 3.80. The van der Waals surface area contributed by atoms with Crippen molar-refractivity contribution in [2.75, 3.05) is 0 Å². The largest absolute Gasteiger partial charge is 0.318 e. The Bertz CT molecular complexity index is 336. The predicted molar refractivity (Wildman–Crippen MR) is 60.1 cm³/mol. The van der Waals surface area contributed by atoms with Crippen molar-refractivity contribution in [3.63, 3.8) is 0 Å². The van der Waals surface area contributed by atoms with Crippen LogP contribution in [0, 0.1) is 12.7 Å². The fourth-order valence-electron chi connectivity index (χ4n) is 1.04. The Morgan fingerprint density at radius 1 is 1.40 bits per heavy atom. The van der Waals surface area contributed by atoms with E-state index in [1.54, 1.807) is 19.1 Å². The van der Waals surface area contributed by atoms with Gasteiger partial charge in [0.1, 0.15) is 5.82 Å². The molecule has 0 fully saturated rings. The number of hydrogen-bond acceptors (Lipinski definition) is 2. The Hall–Kier alpha value is -1.22. The van der Waals surface area contributed by atoms with Crippen LogP contribution in [0.25, 0.3) is 0 Å². The van der Waals surface area contributed by atoms with Gasteiger partial charge in [-0.15, -0.1) is 0 Å². The van der Waals surface area contributed by atoms with Crippen LogP contribution in [0.4, 0.5) is 4.39 Å². The summed E-state index contributed by atoms with van der Waals surface area (Å²) in [5.41, 5.74) is 6.62. The molecule has 1 atom stereocenters. The number of carbonyl (C=O) groups is 1. The number of aryl methyl sites for hydroxylation is 1. The van der Waals surface area contributed by atoms with Crippen LogP contribution < -0.4 is 5.73 Å². The van der Waals surface area contributed by atoms with E-state index < -0.39 is 6.04 Å². The van der Waals surface area contributed by atoms with E-state index in [-0.39, 0.29) is 11.6 Å². The normalized spacial score (nSPS) is 11.3. The minimum atomic E-state index is -0.713. The maximum Gasteiger partial charge on any atom is 0.150 e. The van der Waals surface area contributed by atoms with E-state index >= 15 is 0 Å². The zero-order valence-corrected chi connectivity index (χ0v) is 9.67. The second kappa shape index (κ2) is 6.30. The fourth-order valence-corrected chi connectivity index (χ4v) is 1.04. The van der Waals surface area contributed by atoms with Gasteiger partial charge in [0.2, 0.25) is 0 Å². The van der Waals surface area contributed by atoms with Crippen LogP contribution in [0.15, 0.2) is 18.2 Å². The van der Waals surface area contributed by atoms with Gasteiger partial charge in [-0.25, -0.2) is 4.39 Å². The van der Waals surface area contributed by atoms with Gasteiger partial charge in [-0.1, -0.05) is 26.0 Å². The fraction of sp³-hybridized carbons (Fsp3) is 0.417. The summed E-state index contributed by atoms with van der Waals surface area (Å²) in [5, 5.41) is 0. The molecule has 0 aliphatic carbocycles. The molecule has 0 aromatic heterocycles. The molecule has 0 amide bonds. The van der Waals surface area contributed by atoms with E-state index in [0.717, 1.165) is 0 Å². The standard InChI is InChI=1S/C10H12FNO.C2H6/c1-6-3-4-8(5-9(6)11)10(12)7(2)13;1-2/h3-5,10H,12H2,1-2H3;1-2H3. The molecule has 1 aromatic rings. The van der Waals surface area contributed by atoms with E-state index in [9.17, 15) is 9.18 Å². The molecule has 1 rings (SSSR count). The number of Topliss-reactive ketones (excluding diaryl/α,β-unsaturated/α-hetero) is 1. The number of carbonyl (C=O) groups excluding carboxylic acids is 1. The maximum atomic E-state index is 13.0. The molecule has 0 radical (unpaired) electrons. The number of ketones is 1. The molecule has 1 aromatic carbocycles. The van der Waals surface area contributed by atoms with Crippen molar-refractivity contribution in [2.45, 2.75) is 33.7 Å². The Balaban J connectivity index is 0.000000921. The predicted octanol–water partition coefficient (Wildman–Crippen LogP) is 2.75. The van der Waals surface area contributed by atoms with Crippen molar-refractivity contribution in [1.29, 1.82) is 0 Å². The number of halogens is 1. The lowest BCUT2D eigenvalue weighted by molar-refractivity contribution is -0.118. The van der Waals surface area contributed by atoms with Gasteiger partial charge in [0.15, 0.2) is 5.78 Å². The van der Waals surface area contributed by atoms with Crippen molar-refractivity contribution in [3.05, 3.63) is 35.1 Å². The molecule has 3 heteroatoms. The van der Waals surface area contributed by atoms with Crippen LogP contribution in [0.5, 0.6) is 0 Å². The molecule has 2 N–H and O–H groups in total. The number of hydrogen-bond donors (Lipinski definition) is 1. The average Bonchev–Trinajstić information content (AvgIpc) is 2.24. The smallest absolute Gasteiger partial charge is 0.150 e. The molecule has 84 valence electrons. The summed E-state index contributed by atoms with van der Waals surface area (Å²) in [6, 6.07) is 3.88. The first-order chi connectivity index (χ1) is 7.02. The van der Waals surface area contributed by atoms with Gasteiger partial charge in [-0.3, -0.25) is 4.79 Å². The van der Waals surface area contributed by atoms with Crippen molar-refractivity contribution in [2.24, 2.45) is 5.73 Å². The summed E-state index contributed by atoms with van der Waals surface area (Å²) < 4.78 is 13.0. The molecular weight excluding hydrogens is 193 g/mol. The zero-order valence-electron chi connectivity index (χ0n) is 9.67. The lowest BCUT2D eigenvalue weighted by Gasteiger charge is -2.08. The lowest BCUT2D eigenvalue weighted by atomic mass is 10.0. The van der Waals surface area contributed by atoms with E-state index in [4.69, 9.17) is 5.73 Å². The summed E-state index contributed by atoms with van der Waals surface area (Å²) in [6.45, 7) is 7.06. The summed E-state index contributed by atoms with van der Waals surface area (Å²) in [4.78, 5) is 10.9. The second-order valence-corrected chi connectivity index (χ2v) is 3.10. The maximum absolute atomic E-state index is 13.0. The van der Waals surface area contributed by atoms with Crippen LogP contribution in [0.3, 0.4) is 0 Å². The molecule has 1 unspecified atom stereocenters. The topological polar surface area (TPSA) is 43.1 Å². The SMILES string of the molecule is CC.CC(=O)C(N)c1ccc(C)c(F)c1. The van der Waals surface area contributed by atoms with Gasteiger partial charge in [0.05, 0.1) is 6.04 Å². The molecule has 0 spiro atoms. The average molecular weight is 211 g/mol. The Morgan fingerprint density at radius 3 is 2.33 bits per heavy atom. The third-order valence-electron chi connectivity index (χ3n) is 1.99. The van der Waals surface area contributed by atoms with Crippen molar-refractivity contribution < 1.29 is 9.18 Å². The van der Waals surface area contributed by atoms with Crippen molar-refractivity contribution >= 4 is 5.78 Å². The van der Waals surface area contributed by atoms with Gasteiger partial charge in [0, 0.05) is 0 Å². The first kappa shape index (κ1) is 13.8. The lowest BCUT2D eigenvalue weighted by Crippen LogP contribution is -2.18. The highest BCUT2D eigenvalue weighted by Gasteiger charge is 2.11. The first-order valence-electron chi connectivity index (χ1n) is 5.04. The van der Waals surface area contributed by atoms with Crippen LogP contribution >= 0.6 is 0 Å². The molecule has 0 bridgehead atoms. The number of benzene rings is 1. The van der Waals surface area contributed by atoms with Crippen LogP contribution in [-0.2, 0) is 4.79 Å². The second-order valence-electron chi connectivity index (χ2n) is 3.10. The molecule has 0 saturated heterocycles. The van der Waals surface area contributed by atoms with Crippen molar-refractivity contribution in [1.82, 2.24) is 0 Å². The van der Waals surface area contributed by atoms with Crippen molar-refractivity contribution in [3.8, 4) is 0 Å². The minimum Gasteiger partial charge on any atom is -0.318 e. The van der Waals surface area contributed by atoms with Crippen LogP contribution in [-0.4, -0.2) is 5.78 Å². The summed E-state index contributed by atoms with van der Waals surface area (Å²) in [6.07, 6.45) is 0. The Kier molecular flexibility index (Phi) is 5.79. The number of nitrogens with two attached hydrogens (primary N) is 1. The van der Waals surface area contributed by atoms with Gasteiger partial charge >= 0.3 is 0 Å². The van der Waals surface area contributed by atoms with Gasteiger partial charge in [-0.2, -0.15) is 0 Å². The first-order valence-corrected chi connectivity index (χ1v) is 5.04. The van der Waals surface area contributed by atoms with E-state index in [0.29, 0.717) is 11.1 Å². The minimum absolute atomic E-state index is 0.164. The highest BCUT2D eigenvalue weighted by molar-refractivity contribution is 5.82. The molecule has 2 nitrogen and oxygen atoms in total. The monoisotopic (exact) mass is 211 g/mol. The molecule has 0 saturated carbocycles. The Morgan fingerprint density at radius 2 is 1.93 bits per heavy atom. The third-order valence-corrected chi connectivity index (χ3v) is 1.99. The summed E-state index contributed by atoms with van der Waals surface area (Å²) in [7, 11) is 0. The molecular formula is C12H18FNO. The van der Waals surface area contributed by atoms with Gasteiger partial charge in [-0.05, 0) is 31.0 Å². The van der Waals surface area contributed by atoms with E-state index in [2.05, 4.69) is 0 Å². The highest BCUT2D eigenvalue weighted by Crippen LogP contribution is 2.15. The molecule has 0 aliphatic heterocycles. The van der Waals surface area contributed by atoms with Crippen LogP contribution in [0.1, 0.15) is 37.9 Å². The summed E-state index contributed by atoms with van der Waals surface area (Å²) >= 11 is 0. The molecule has 15 heavy (non-hydrogen) atoms. The van der Waals surface area contributed by atoms with Gasteiger partial charge < -0.3 is 5.73 Å². The molecule has 0 aliphatic rings. The van der Waals surface area contributed by atoms with E-state index in [1.807, 2.05) is 13.8 Å². The van der Waals surface area contributed by atoms with E-state index in [1.165, 1.54) is 13.0 Å².